The molecule has 0 nitrogen and oxygen atoms in total. The van der Waals surface area contributed by atoms with Crippen molar-refractivity contribution >= 4 is 37.1 Å². The standard InChI is InChI=1S/C28H28P2.C8H12.Rh/c1-5-15-25(16-6-1)29(26-17-7-2-8-18-26)23-13-14-24-30(27-19-9-3-10-20-27)28-21-11-4-12-22-28;1-2-4-6-8-7-5-3-1;/h1-12,15-22H,13-14,23-24H2;1-2,7-8H,3-6H2;/p+2. The maximum absolute atomic E-state index is 2.32. The van der Waals surface area contributed by atoms with Gasteiger partial charge in [0.15, 0.2) is 0 Å². The number of benzene rings is 4. The summed E-state index contributed by atoms with van der Waals surface area (Å²) in [5, 5.41) is 6.13. The van der Waals surface area contributed by atoms with Gasteiger partial charge >= 0.3 is 0 Å². The van der Waals surface area contributed by atoms with E-state index in [4.69, 9.17) is 0 Å². The average Bonchev–Trinajstić information content (AvgIpc) is 2.97. The van der Waals surface area contributed by atoms with Crippen LogP contribution >= 0.6 is 15.8 Å². The Balaban J connectivity index is 0.000000402. The molecule has 5 rings (SSSR count). The van der Waals surface area contributed by atoms with Crippen LogP contribution in [0.2, 0.25) is 0 Å². The zero-order valence-electron chi connectivity index (χ0n) is 22.8. The van der Waals surface area contributed by atoms with Crippen LogP contribution in [0.3, 0.4) is 0 Å². The molecule has 0 bridgehead atoms. The first kappa shape index (κ1) is 31.4. The molecule has 4 aromatic carbocycles. The summed E-state index contributed by atoms with van der Waals surface area (Å²) in [6.07, 6.45) is 19.2. The van der Waals surface area contributed by atoms with Gasteiger partial charge in [0.1, 0.15) is 0 Å². The molecule has 0 N–H and O–H groups in total. The van der Waals surface area contributed by atoms with Gasteiger partial charge < -0.3 is 0 Å². The van der Waals surface area contributed by atoms with Gasteiger partial charge in [-0.25, -0.2) is 0 Å². The summed E-state index contributed by atoms with van der Waals surface area (Å²) in [7, 11) is -1.43. The Hall–Kier alpha value is -2.16. The van der Waals surface area contributed by atoms with E-state index < -0.39 is 15.8 Å². The van der Waals surface area contributed by atoms with Crippen LogP contribution in [0.4, 0.5) is 0 Å². The van der Waals surface area contributed by atoms with E-state index in [0.29, 0.717) is 0 Å². The van der Waals surface area contributed by atoms with Crippen molar-refractivity contribution in [2.75, 3.05) is 12.3 Å². The van der Waals surface area contributed by atoms with Crippen LogP contribution in [-0.4, -0.2) is 12.3 Å². The fourth-order valence-electron chi connectivity index (χ4n) is 4.93. The van der Waals surface area contributed by atoms with E-state index in [0.717, 1.165) is 0 Å². The first-order valence-electron chi connectivity index (χ1n) is 14.1. The second-order valence-electron chi connectivity index (χ2n) is 9.73. The Labute approximate surface area is 251 Å². The normalized spacial score (nSPS) is 12.7. The molecular formula is C36H42P2Rh+2. The number of hydrogen-bond donors (Lipinski definition) is 0. The molecule has 0 aliphatic heterocycles. The largest absolute Gasteiger partial charge is 0.0966 e. The predicted molar refractivity (Wildman–Crippen MR) is 177 cm³/mol. The monoisotopic (exact) mass is 639 g/mol. The third-order valence-electron chi connectivity index (χ3n) is 6.93. The Bertz CT molecular complexity index is 1020. The third-order valence-corrected chi connectivity index (χ3v) is 12.8. The second kappa shape index (κ2) is 19.0. The Morgan fingerprint density at radius 2 is 0.590 bits per heavy atom. The molecule has 0 spiro atoms. The van der Waals surface area contributed by atoms with Crippen LogP contribution in [0.25, 0.3) is 0 Å². The molecule has 0 heterocycles. The number of rotatable bonds is 9. The van der Waals surface area contributed by atoms with Crippen molar-refractivity contribution in [2.45, 2.75) is 38.5 Å². The smallest absolute Gasteiger partial charge is 0.0882 e. The minimum Gasteiger partial charge on any atom is -0.0882 e. The zero-order chi connectivity index (χ0) is 26.1. The van der Waals surface area contributed by atoms with Gasteiger partial charge in [-0.1, -0.05) is 97.1 Å². The molecule has 39 heavy (non-hydrogen) atoms. The van der Waals surface area contributed by atoms with E-state index >= 15 is 0 Å². The summed E-state index contributed by atoms with van der Waals surface area (Å²) < 4.78 is 0. The first-order valence-corrected chi connectivity index (χ1v) is 17.6. The summed E-state index contributed by atoms with van der Waals surface area (Å²) in [5.74, 6) is 0. The molecule has 0 aromatic heterocycles. The second-order valence-corrected chi connectivity index (χ2v) is 14.9. The maximum Gasteiger partial charge on any atom is 0.0966 e. The van der Waals surface area contributed by atoms with E-state index in [1.807, 2.05) is 0 Å². The van der Waals surface area contributed by atoms with Gasteiger partial charge in [-0.2, -0.15) is 0 Å². The predicted octanol–water partition coefficient (Wildman–Crippen LogP) is 8.17. The SMILES string of the molecule is C1=CCCC=CCC1.[Rh].c1ccc([PH+](CCCC[PH+](c2ccccc2)c2ccccc2)c2ccccc2)cc1. The molecule has 4 aromatic rings. The molecule has 1 radical (unpaired) electrons. The van der Waals surface area contributed by atoms with Gasteiger partial charge in [0, 0.05) is 19.5 Å². The van der Waals surface area contributed by atoms with Gasteiger partial charge in [-0.15, -0.1) is 0 Å². The van der Waals surface area contributed by atoms with Crippen molar-refractivity contribution in [2.24, 2.45) is 0 Å². The van der Waals surface area contributed by atoms with E-state index in [2.05, 4.69) is 146 Å². The summed E-state index contributed by atoms with van der Waals surface area (Å²) in [5.41, 5.74) is 0. The van der Waals surface area contributed by atoms with Crippen molar-refractivity contribution in [1.29, 1.82) is 0 Å². The minimum absolute atomic E-state index is 0. The van der Waals surface area contributed by atoms with Gasteiger partial charge in [0.2, 0.25) is 0 Å². The first-order chi connectivity index (χ1) is 18.9. The molecule has 203 valence electrons. The molecular weight excluding hydrogens is 597 g/mol. The zero-order valence-corrected chi connectivity index (χ0v) is 26.5. The molecule has 3 heteroatoms. The van der Waals surface area contributed by atoms with Crippen molar-refractivity contribution in [3.05, 3.63) is 146 Å². The van der Waals surface area contributed by atoms with Crippen LogP contribution in [0.15, 0.2) is 146 Å². The van der Waals surface area contributed by atoms with Crippen molar-refractivity contribution in [3.63, 3.8) is 0 Å². The molecule has 0 fully saturated rings. The number of hydrogen-bond acceptors (Lipinski definition) is 0. The van der Waals surface area contributed by atoms with Gasteiger partial charge in [-0.3, -0.25) is 0 Å². The van der Waals surface area contributed by atoms with Crippen LogP contribution in [0, 0.1) is 0 Å². The van der Waals surface area contributed by atoms with Gasteiger partial charge in [0.25, 0.3) is 0 Å². The van der Waals surface area contributed by atoms with Gasteiger partial charge in [-0.05, 0) is 87.1 Å². The Kier molecular flexibility index (Phi) is 15.3. The summed E-state index contributed by atoms with van der Waals surface area (Å²) >= 11 is 0. The summed E-state index contributed by atoms with van der Waals surface area (Å²) in [6.45, 7) is 0. The van der Waals surface area contributed by atoms with Crippen LogP contribution in [0.5, 0.6) is 0 Å². The van der Waals surface area contributed by atoms with Crippen LogP contribution < -0.4 is 21.2 Å². The minimum atomic E-state index is -0.714. The Morgan fingerprint density at radius 1 is 0.359 bits per heavy atom. The van der Waals surface area contributed by atoms with Crippen molar-refractivity contribution < 1.29 is 19.5 Å². The number of unbranched alkanes of at least 4 members (excludes halogenated alkanes) is 1. The quantitative estimate of drug-likeness (QED) is 0.0751. The van der Waals surface area contributed by atoms with Crippen molar-refractivity contribution in [3.8, 4) is 0 Å². The van der Waals surface area contributed by atoms with E-state index in [9.17, 15) is 0 Å². The Morgan fingerprint density at radius 3 is 0.821 bits per heavy atom. The van der Waals surface area contributed by atoms with E-state index in [1.165, 1.54) is 72.1 Å². The molecule has 0 saturated heterocycles. The van der Waals surface area contributed by atoms with E-state index in [1.54, 1.807) is 0 Å². The average molecular weight is 640 g/mol. The fraction of sp³-hybridized carbons (Fsp3) is 0.222. The topological polar surface area (TPSA) is 0 Å². The summed E-state index contributed by atoms with van der Waals surface area (Å²) in [4.78, 5) is 0. The third kappa shape index (κ3) is 11.1. The van der Waals surface area contributed by atoms with Crippen molar-refractivity contribution in [1.82, 2.24) is 0 Å². The maximum atomic E-state index is 2.32. The number of allylic oxidation sites excluding steroid dienone is 4. The molecule has 0 saturated carbocycles. The fourth-order valence-corrected chi connectivity index (χ4v) is 10.3. The molecule has 0 unspecified atom stereocenters. The van der Waals surface area contributed by atoms with Crippen LogP contribution in [-0.2, 0) is 19.5 Å². The summed E-state index contributed by atoms with van der Waals surface area (Å²) in [6, 6.07) is 44.6. The molecule has 1 aliphatic rings. The van der Waals surface area contributed by atoms with E-state index in [-0.39, 0.29) is 19.5 Å². The van der Waals surface area contributed by atoms with Crippen LogP contribution in [0.1, 0.15) is 38.5 Å². The molecule has 1 aliphatic carbocycles. The van der Waals surface area contributed by atoms with Gasteiger partial charge in [0.05, 0.1) is 49.4 Å². The molecule has 0 amide bonds. The molecule has 0 atom stereocenters.